The van der Waals surface area contributed by atoms with Crippen molar-refractivity contribution in [3.05, 3.63) is 24.3 Å². The third-order valence-corrected chi connectivity index (χ3v) is 7.03. The van der Waals surface area contributed by atoms with Gasteiger partial charge in [-0.2, -0.15) is 0 Å². The number of para-hydroxylation sites is 2. The zero-order valence-electron chi connectivity index (χ0n) is 22.2. The van der Waals surface area contributed by atoms with Crippen LogP contribution >= 0.6 is 0 Å². The van der Waals surface area contributed by atoms with Crippen molar-refractivity contribution in [2.24, 2.45) is 22.7 Å². The summed E-state index contributed by atoms with van der Waals surface area (Å²) in [6.45, 7) is 20.7. The van der Waals surface area contributed by atoms with Crippen molar-refractivity contribution < 1.29 is 14.3 Å². The Morgan fingerprint density at radius 2 is 1.45 bits per heavy atom. The monoisotopic (exact) mass is 458 g/mol. The van der Waals surface area contributed by atoms with Crippen LogP contribution in [0.15, 0.2) is 24.3 Å². The highest BCUT2D eigenvalue weighted by atomic mass is 16.5. The summed E-state index contributed by atoms with van der Waals surface area (Å²) in [7, 11) is 0. The third kappa shape index (κ3) is 7.48. The van der Waals surface area contributed by atoms with E-state index < -0.39 is 0 Å². The van der Waals surface area contributed by atoms with E-state index in [4.69, 9.17) is 4.74 Å². The summed E-state index contributed by atoms with van der Waals surface area (Å²) in [5.41, 5.74) is 1.34. The first-order valence-electron chi connectivity index (χ1n) is 12.7. The van der Waals surface area contributed by atoms with E-state index in [-0.39, 0.29) is 16.7 Å². The van der Waals surface area contributed by atoms with Crippen LogP contribution in [-0.4, -0.2) is 43.0 Å². The number of hydrogen-bond donors (Lipinski definition) is 0. The van der Waals surface area contributed by atoms with E-state index in [1.807, 2.05) is 41.0 Å². The summed E-state index contributed by atoms with van der Waals surface area (Å²) < 4.78 is 5.62. The second-order valence-corrected chi connectivity index (χ2v) is 11.6. The van der Waals surface area contributed by atoms with Gasteiger partial charge in [0.2, 0.25) is 11.8 Å². The average molecular weight is 459 g/mol. The number of carbonyl (C=O) groups is 2. The zero-order chi connectivity index (χ0) is 24.8. The number of nitrogens with zero attached hydrogens (tertiary/aromatic N) is 2. The largest absolute Gasteiger partial charge is 0.492 e. The molecule has 5 heteroatoms. The molecule has 2 aliphatic heterocycles. The molecule has 0 aliphatic carbocycles. The van der Waals surface area contributed by atoms with Gasteiger partial charge < -0.3 is 14.5 Å². The minimum absolute atomic E-state index is 0.158. The molecular formula is C28H46N2O3. The lowest BCUT2D eigenvalue weighted by atomic mass is 9.80. The molecule has 2 saturated heterocycles. The molecule has 0 radical (unpaired) electrons. The van der Waals surface area contributed by atoms with E-state index in [2.05, 4.69) is 48.5 Å². The van der Waals surface area contributed by atoms with Crippen LogP contribution in [0.2, 0.25) is 0 Å². The van der Waals surface area contributed by atoms with Crippen LogP contribution in [0.5, 0.6) is 5.75 Å². The fourth-order valence-electron chi connectivity index (χ4n) is 4.40. The van der Waals surface area contributed by atoms with Crippen molar-refractivity contribution in [3.63, 3.8) is 0 Å². The number of hydrogen-bond acceptors (Lipinski definition) is 3. The third-order valence-electron chi connectivity index (χ3n) is 7.03. The number of unbranched alkanes of at least 4 members (excludes halogenated alkanes) is 1. The van der Waals surface area contributed by atoms with E-state index in [1.165, 1.54) is 6.42 Å². The number of amides is 2. The first-order valence-corrected chi connectivity index (χ1v) is 12.7. The van der Waals surface area contributed by atoms with E-state index in [0.29, 0.717) is 30.8 Å². The van der Waals surface area contributed by atoms with Crippen LogP contribution in [-0.2, 0) is 9.59 Å². The number of ether oxygens (including phenoxy) is 1. The van der Waals surface area contributed by atoms with Crippen molar-refractivity contribution in [1.82, 2.24) is 4.90 Å². The molecule has 0 aromatic heterocycles. The molecular weight excluding hydrogens is 412 g/mol. The Hall–Kier alpha value is -2.04. The molecule has 3 rings (SSSR count). The normalized spacial score (nSPS) is 21.3. The van der Waals surface area contributed by atoms with E-state index in [1.54, 1.807) is 0 Å². The minimum atomic E-state index is 0.158. The number of benzene rings is 1. The average Bonchev–Trinajstić information content (AvgIpc) is 3.30. The molecule has 5 nitrogen and oxygen atoms in total. The topological polar surface area (TPSA) is 49.9 Å². The van der Waals surface area contributed by atoms with Gasteiger partial charge in [0.25, 0.3) is 0 Å². The quantitative estimate of drug-likeness (QED) is 0.512. The van der Waals surface area contributed by atoms with Crippen molar-refractivity contribution in [2.45, 2.75) is 81.1 Å². The molecule has 186 valence electrons. The summed E-state index contributed by atoms with van der Waals surface area (Å²) in [5.74, 6) is 2.31. The standard InChI is InChI=1S/C16H23NO2.C12H23NO/c1-5-19-14-9-7-6-8-13(14)17-11-12(10-15(17)18)16(2,3)4;1-5-6-7-13-9-10(8-11(13)14)12(2,3)4/h6-9,12H,5,10-11H2,1-4H3;10H,5-9H2,1-4H3. The fourth-order valence-corrected chi connectivity index (χ4v) is 4.40. The van der Waals surface area contributed by atoms with Crippen molar-refractivity contribution >= 4 is 17.5 Å². The van der Waals surface area contributed by atoms with Crippen molar-refractivity contribution in [3.8, 4) is 5.75 Å². The molecule has 0 saturated carbocycles. The van der Waals surface area contributed by atoms with Crippen LogP contribution in [0, 0.1) is 22.7 Å². The Bertz CT molecular complexity index is 791. The van der Waals surface area contributed by atoms with Gasteiger partial charge in [0.1, 0.15) is 5.75 Å². The second kappa shape index (κ2) is 11.4. The Morgan fingerprint density at radius 3 is 1.97 bits per heavy atom. The SMILES string of the molecule is CCCCN1CC(C(C)(C)C)CC1=O.CCOc1ccccc1N1CC(C(C)(C)C)CC1=O. The first-order chi connectivity index (χ1) is 15.4. The maximum atomic E-state index is 12.3. The lowest BCUT2D eigenvalue weighted by Gasteiger charge is -2.27. The van der Waals surface area contributed by atoms with E-state index >= 15 is 0 Å². The van der Waals surface area contributed by atoms with Crippen LogP contribution in [0.4, 0.5) is 5.69 Å². The molecule has 2 heterocycles. The molecule has 1 aromatic carbocycles. The maximum absolute atomic E-state index is 12.3. The number of rotatable bonds is 6. The number of anilines is 1. The van der Waals surface area contributed by atoms with Crippen LogP contribution in [0.1, 0.15) is 81.1 Å². The highest BCUT2D eigenvalue weighted by molar-refractivity contribution is 5.97. The predicted octanol–water partition coefficient (Wildman–Crippen LogP) is 6.17. The second-order valence-electron chi connectivity index (χ2n) is 11.6. The van der Waals surface area contributed by atoms with E-state index in [9.17, 15) is 9.59 Å². The van der Waals surface area contributed by atoms with Gasteiger partial charge in [0.05, 0.1) is 12.3 Å². The van der Waals surface area contributed by atoms with Crippen LogP contribution < -0.4 is 9.64 Å². The molecule has 1 aromatic rings. The summed E-state index contributed by atoms with van der Waals surface area (Å²) in [6.07, 6.45) is 3.70. The molecule has 0 spiro atoms. The zero-order valence-corrected chi connectivity index (χ0v) is 22.2. The summed E-state index contributed by atoms with van der Waals surface area (Å²) in [6, 6.07) is 7.79. The number of carbonyl (C=O) groups excluding carboxylic acids is 2. The van der Waals surface area contributed by atoms with Gasteiger partial charge in [0, 0.05) is 32.5 Å². The molecule has 0 N–H and O–H groups in total. The van der Waals surface area contributed by atoms with Gasteiger partial charge in [-0.05, 0) is 48.1 Å². The predicted molar refractivity (Wildman–Crippen MR) is 137 cm³/mol. The lowest BCUT2D eigenvalue weighted by molar-refractivity contribution is -0.127. The molecule has 2 aliphatic rings. The smallest absolute Gasteiger partial charge is 0.227 e. The molecule has 2 atom stereocenters. The van der Waals surface area contributed by atoms with E-state index in [0.717, 1.165) is 43.9 Å². The number of likely N-dealkylation sites (tertiary alicyclic amines) is 1. The summed E-state index contributed by atoms with van der Waals surface area (Å²) in [5, 5.41) is 0. The minimum Gasteiger partial charge on any atom is -0.492 e. The Morgan fingerprint density at radius 1 is 0.879 bits per heavy atom. The van der Waals surface area contributed by atoms with Gasteiger partial charge in [-0.15, -0.1) is 0 Å². The van der Waals surface area contributed by atoms with Gasteiger partial charge in [-0.3, -0.25) is 9.59 Å². The maximum Gasteiger partial charge on any atom is 0.227 e. The lowest BCUT2D eigenvalue weighted by Crippen LogP contribution is -2.28. The Balaban J connectivity index is 0.000000245. The first kappa shape index (κ1) is 27.2. The van der Waals surface area contributed by atoms with Crippen LogP contribution in [0.25, 0.3) is 0 Å². The van der Waals surface area contributed by atoms with Gasteiger partial charge in [-0.1, -0.05) is 67.0 Å². The molecule has 2 fully saturated rings. The summed E-state index contributed by atoms with van der Waals surface area (Å²) >= 11 is 0. The Kier molecular flexibility index (Phi) is 9.39. The summed E-state index contributed by atoms with van der Waals surface area (Å²) in [4.78, 5) is 27.8. The molecule has 0 bridgehead atoms. The molecule has 33 heavy (non-hydrogen) atoms. The van der Waals surface area contributed by atoms with Gasteiger partial charge in [0.15, 0.2) is 0 Å². The highest BCUT2D eigenvalue weighted by Crippen LogP contribution is 2.39. The Labute approximate surface area is 201 Å². The molecule has 2 unspecified atom stereocenters. The highest BCUT2D eigenvalue weighted by Gasteiger charge is 2.38. The van der Waals surface area contributed by atoms with Crippen molar-refractivity contribution in [1.29, 1.82) is 0 Å². The van der Waals surface area contributed by atoms with Gasteiger partial charge >= 0.3 is 0 Å². The van der Waals surface area contributed by atoms with Crippen molar-refractivity contribution in [2.75, 3.05) is 31.1 Å². The van der Waals surface area contributed by atoms with Crippen LogP contribution in [0.3, 0.4) is 0 Å². The fraction of sp³-hybridized carbons (Fsp3) is 0.714. The molecule has 2 amide bonds. The van der Waals surface area contributed by atoms with Gasteiger partial charge in [-0.25, -0.2) is 0 Å².